The maximum Gasteiger partial charge on any atom is 0.315 e. The monoisotopic (exact) mass is 469 g/mol. The molecule has 0 saturated heterocycles. The lowest BCUT2D eigenvalue weighted by Gasteiger charge is -2.22. The van der Waals surface area contributed by atoms with Gasteiger partial charge >= 0.3 is 6.03 Å². The molecule has 0 atom stereocenters. The van der Waals surface area contributed by atoms with Crippen LogP contribution in [0, 0.1) is 6.92 Å². The molecule has 0 aliphatic heterocycles. The van der Waals surface area contributed by atoms with E-state index in [-0.39, 0.29) is 6.03 Å². The number of benzene rings is 1. The van der Waals surface area contributed by atoms with Crippen LogP contribution in [0.15, 0.2) is 18.2 Å². The molecule has 1 fully saturated rings. The molecule has 1 aromatic carbocycles. The Hall–Kier alpha value is -3.14. The Morgan fingerprint density at radius 1 is 1.12 bits per heavy atom. The first-order chi connectivity index (χ1) is 16.7. The van der Waals surface area contributed by atoms with Gasteiger partial charge in [0.25, 0.3) is 0 Å². The summed E-state index contributed by atoms with van der Waals surface area (Å²) in [6, 6.07) is 6.09. The Bertz CT molecular complexity index is 1100. The molecule has 0 bridgehead atoms. The number of methoxy groups -OCH3 is 1. The van der Waals surface area contributed by atoms with Crippen molar-refractivity contribution in [1.29, 1.82) is 0 Å². The van der Waals surface area contributed by atoms with Gasteiger partial charge in [-0.1, -0.05) is 19.3 Å². The second-order valence-corrected chi connectivity index (χ2v) is 8.73. The Kier molecular flexibility index (Phi) is 8.35. The van der Waals surface area contributed by atoms with Gasteiger partial charge in [0.1, 0.15) is 18.2 Å². The SMILES string of the molecule is COCCOc1ccc2c(c1)nc(NCCCCNC(=O)NC1CCCCC1)c1nnc(C)n12. The maximum absolute atomic E-state index is 12.1. The topological polar surface area (TPSA) is 115 Å². The number of hydrogen-bond donors (Lipinski definition) is 3. The van der Waals surface area contributed by atoms with E-state index in [1.807, 2.05) is 29.5 Å². The summed E-state index contributed by atoms with van der Waals surface area (Å²) in [6.07, 6.45) is 7.64. The number of carbonyl (C=O) groups is 1. The van der Waals surface area contributed by atoms with E-state index in [2.05, 4.69) is 26.1 Å². The standard InChI is InChI=1S/C24H35N7O3/c1-17-29-30-23-22(25-12-6-7-13-26-24(32)27-18-8-4-3-5-9-18)28-20-16-19(34-15-14-33-2)10-11-21(20)31(17)23/h10-11,16,18H,3-9,12-15H2,1-2H3,(H,25,28)(H2,26,27,32). The molecule has 1 aliphatic rings. The molecule has 10 heteroatoms. The molecular formula is C24H35N7O3. The number of nitrogens with one attached hydrogen (secondary N) is 3. The number of urea groups is 1. The van der Waals surface area contributed by atoms with Gasteiger partial charge in [-0.05, 0) is 44.7 Å². The van der Waals surface area contributed by atoms with Crippen molar-refractivity contribution in [3.63, 3.8) is 0 Å². The molecule has 2 heterocycles. The molecule has 0 spiro atoms. The second-order valence-electron chi connectivity index (χ2n) is 8.73. The molecule has 1 saturated carbocycles. The van der Waals surface area contributed by atoms with Gasteiger partial charge in [-0.15, -0.1) is 10.2 Å². The van der Waals surface area contributed by atoms with Crippen molar-refractivity contribution in [2.75, 3.05) is 38.7 Å². The van der Waals surface area contributed by atoms with Crippen LogP contribution < -0.4 is 20.7 Å². The number of ether oxygens (including phenoxy) is 2. The average Bonchev–Trinajstić information content (AvgIpc) is 3.24. The van der Waals surface area contributed by atoms with Crippen LogP contribution in [0.4, 0.5) is 10.6 Å². The Labute approximate surface area is 199 Å². The zero-order valence-electron chi connectivity index (χ0n) is 20.1. The van der Waals surface area contributed by atoms with E-state index in [1.54, 1.807) is 7.11 Å². The summed E-state index contributed by atoms with van der Waals surface area (Å²) in [5, 5.41) is 18.0. The van der Waals surface area contributed by atoms with Crippen molar-refractivity contribution in [2.45, 2.75) is 57.9 Å². The number of nitrogens with zero attached hydrogens (tertiary/aromatic N) is 4. The van der Waals surface area contributed by atoms with Gasteiger partial charge in [-0.25, -0.2) is 9.78 Å². The van der Waals surface area contributed by atoms with Crippen LogP contribution in [0.3, 0.4) is 0 Å². The van der Waals surface area contributed by atoms with E-state index >= 15 is 0 Å². The summed E-state index contributed by atoms with van der Waals surface area (Å²) >= 11 is 0. The zero-order chi connectivity index (χ0) is 23.8. The summed E-state index contributed by atoms with van der Waals surface area (Å²) in [4.78, 5) is 16.9. The second kappa shape index (κ2) is 11.8. The summed E-state index contributed by atoms with van der Waals surface area (Å²) in [5.41, 5.74) is 2.42. The first-order valence-electron chi connectivity index (χ1n) is 12.2. The van der Waals surface area contributed by atoms with Crippen molar-refractivity contribution in [2.24, 2.45) is 0 Å². The summed E-state index contributed by atoms with van der Waals surface area (Å²) in [7, 11) is 1.65. The summed E-state index contributed by atoms with van der Waals surface area (Å²) < 4.78 is 12.8. The Morgan fingerprint density at radius 3 is 2.76 bits per heavy atom. The maximum atomic E-state index is 12.1. The minimum Gasteiger partial charge on any atom is -0.491 e. The minimum absolute atomic E-state index is 0.0554. The lowest BCUT2D eigenvalue weighted by atomic mass is 9.96. The molecule has 0 unspecified atom stereocenters. The smallest absolute Gasteiger partial charge is 0.315 e. The highest BCUT2D eigenvalue weighted by atomic mass is 16.5. The molecule has 1 aliphatic carbocycles. The molecular weight excluding hydrogens is 434 g/mol. The lowest BCUT2D eigenvalue weighted by molar-refractivity contribution is 0.146. The Morgan fingerprint density at radius 2 is 1.94 bits per heavy atom. The number of aryl methyl sites for hydroxylation is 1. The Balaban J connectivity index is 1.31. The van der Waals surface area contributed by atoms with Crippen LogP contribution in [0.2, 0.25) is 0 Å². The first-order valence-corrected chi connectivity index (χ1v) is 12.2. The normalized spacial score (nSPS) is 14.4. The van der Waals surface area contributed by atoms with E-state index in [0.717, 1.165) is 54.8 Å². The summed E-state index contributed by atoms with van der Waals surface area (Å²) in [6.45, 7) is 4.30. The van der Waals surface area contributed by atoms with Crippen molar-refractivity contribution in [1.82, 2.24) is 30.2 Å². The van der Waals surface area contributed by atoms with Gasteiger partial charge in [0.2, 0.25) is 5.65 Å². The molecule has 0 radical (unpaired) electrons. The number of rotatable bonds is 11. The van der Waals surface area contributed by atoms with Crippen LogP contribution in [-0.4, -0.2) is 65.1 Å². The molecule has 3 aromatic rings. The van der Waals surface area contributed by atoms with Gasteiger partial charge in [-0.3, -0.25) is 4.40 Å². The van der Waals surface area contributed by atoms with Gasteiger partial charge in [0.05, 0.1) is 17.6 Å². The van der Waals surface area contributed by atoms with Crippen molar-refractivity contribution >= 4 is 28.5 Å². The van der Waals surface area contributed by atoms with Crippen LogP contribution in [-0.2, 0) is 4.74 Å². The van der Waals surface area contributed by atoms with E-state index in [1.165, 1.54) is 19.3 Å². The quantitative estimate of drug-likeness (QED) is 0.369. The van der Waals surface area contributed by atoms with Gasteiger partial charge in [-0.2, -0.15) is 0 Å². The number of anilines is 1. The summed E-state index contributed by atoms with van der Waals surface area (Å²) in [5.74, 6) is 2.22. The molecule has 3 N–H and O–H groups in total. The average molecular weight is 470 g/mol. The third-order valence-electron chi connectivity index (χ3n) is 6.13. The van der Waals surface area contributed by atoms with Crippen molar-refractivity contribution in [3.05, 3.63) is 24.0 Å². The molecule has 4 rings (SSSR count). The third-order valence-corrected chi connectivity index (χ3v) is 6.13. The van der Waals surface area contributed by atoms with Crippen LogP contribution in [0.1, 0.15) is 50.8 Å². The first kappa shape index (κ1) is 24.0. The van der Waals surface area contributed by atoms with Gasteiger partial charge in [0, 0.05) is 32.3 Å². The van der Waals surface area contributed by atoms with Crippen LogP contribution >= 0.6 is 0 Å². The van der Waals surface area contributed by atoms with Crippen molar-refractivity contribution in [3.8, 4) is 5.75 Å². The number of carbonyl (C=O) groups excluding carboxylic acids is 1. The van der Waals surface area contributed by atoms with E-state index in [0.29, 0.717) is 37.3 Å². The molecule has 34 heavy (non-hydrogen) atoms. The number of amides is 2. The fraction of sp³-hybridized carbons (Fsp3) is 0.583. The van der Waals surface area contributed by atoms with Crippen LogP contribution in [0.25, 0.3) is 16.7 Å². The van der Waals surface area contributed by atoms with E-state index < -0.39 is 0 Å². The van der Waals surface area contributed by atoms with Gasteiger partial charge < -0.3 is 25.4 Å². The third kappa shape index (κ3) is 6.05. The highest BCUT2D eigenvalue weighted by Crippen LogP contribution is 2.25. The van der Waals surface area contributed by atoms with Crippen LogP contribution in [0.5, 0.6) is 5.75 Å². The predicted octanol–water partition coefficient (Wildman–Crippen LogP) is 3.44. The zero-order valence-corrected chi connectivity index (χ0v) is 20.1. The predicted molar refractivity (Wildman–Crippen MR) is 132 cm³/mol. The van der Waals surface area contributed by atoms with Crippen molar-refractivity contribution < 1.29 is 14.3 Å². The molecule has 2 amide bonds. The largest absolute Gasteiger partial charge is 0.491 e. The fourth-order valence-corrected chi connectivity index (χ4v) is 4.35. The minimum atomic E-state index is -0.0554. The van der Waals surface area contributed by atoms with E-state index in [9.17, 15) is 4.79 Å². The molecule has 184 valence electrons. The van der Waals surface area contributed by atoms with Gasteiger partial charge in [0.15, 0.2) is 5.82 Å². The number of aromatic nitrogens is 4. The number of fused-ring (bicyclic) bond motifs is 3. The lowest BCUT2D eigenvalue weighted by Crippen LogP contribution is -2.43. The highest BCUT2D eigenvalue weighted by Gasteiger charge is 2.15. The fourth-order valence-electron chi connectivity index (χ4n) is 4.35. The number of unbranched alkanes of at least 4 members (excludes halogenated alkanes) is 1. The highest BCUT2D eigenvalue weighted by molar-refractivity contribution is 5.84. The molecule has 10 nitrogen and oxygen atoms in total. The number of hydrogen-bond acceptors (Lipinski definition) is 7. The van der Waals surface area contributed by atoms with E-state index in [4.69, 9.17) is 14.5 Å². The molecule has 2 aromatic heterocycles.